The molecule has 3 unspecified atom stereocenters. The second-order valence-electron chi connectivity index (χ2n) is 5.27. The van der Waals surface area contributed by atoms with Crippen LogP contribution in [0, 0.1) is 5.92 Å². The van der Waals surface area contributed by atoms with E-state index in [2.05, 4.69) is 26.0 Å². The summed E-state index contributed by atoms with van der Waals surface area (Å²) in [7, 11) is 0. The summed E-state index contributed by atoms with van der Waals surface area (Å²) < 4.78 is 11.6. The van der Waals surface area contributed by atoms with Crippen molar-refractivity contribution in [3.8, 4) is 0 Å². The first kappa shape index (κ1) is 13.9. The first-order valence-electron chi connectivity index (χ1n) is 6.57. The molecule has 18 heavy (non-hydrogen) atoms. The van der Waals surface area contributed by atoms with E-state index in [4.69, 9.17) is 21.1 Å². The van der Waals surface area contributed by atoms with Crippen molar-refractivity contribution in [2.45, 2.75) is 45.0 Å². The Morgan fingerprint density at radius 2 is 2.00 bits per heavy atom. The molecule has 0 aromatic heterocycles. The third-order valence-electron chi connectivity index (χ3n) is 3.11. The molecule has 0 saturated heterocycles. The fourth-order valence-corrected chi connectivity index (χ4v) is 2.60. The minimum atomic E-state index is -0.218. The molecule has 0 bridgehead atoms. The van der Waals surface area contributed by atoms with E-state index in [1.54, 1.807) is 0 Å². The van der Waals surface area contributed by atoms with E-state index in [9.17, 15) is 0 Å². The van der Waals surface area contributed by atoms with Gasteiger partial charge in [0.05, 0.1) is 12.0 Å². The lowest BCUT2D eigenvalue weighted by molar-refractivity contribution is -0.165. The minimum absolute atomic E-state index is 0.00694. The number of halogens is 1. The lowest BCUT2D eigenvalue weighted by atomic mass is 10.1. The van der Waals surface area contributed by atoms with Crippen molar-refractivity contribution in [3.05, 3.63) is 35.4 Å². The highest BCUT2D eigenvalue weighted by Gasteiger charge is 2.32. The number of rotatable bonds is 5. The van der Waals surface area contributed by atoms with Gasteiger partial charge < -0.3 is 9.47 Å². The van der Waals surface area contributed by atoms with Crippen LogP contribution in [-0.4, -0.2) is 18.3 Å². The third-order valence-corrected chi connectivity index (χ3v) is 3.49. The Morgan fingerprint density at radius 3 is 2.72 bits per heavy atom. The molecule has 1 aliphatic rings. The van der Waals surface area contributed by atoms with Crippen molar-refractivity contribution in [3.63, 3.8) is 0 Å². The van der Waals surface area contributed by atoms with Crippen LogP contribution in [-0.2, 0) is 15.9 Å². The summed E-state index contributed by atoms with van der Waals surface area (Å²) in [6, 6.07) is 8.29. The molecule has 1 aromatic rings. The van der Waals surface area contributed by atoms with Crippen molar-refractivity contribution in [1.82, 2.24) is 0 Å². The predicted molar refractivity (Wildman–Crippen MR) is 73.9 cm³/mol. The molecular formula is C15H21ClO2. The van der Waals surface area contributed by atoms with Crippen LogP contribution >= 0.6 is 11.6 Å². The maximum Gasteiger partial charge on any atom is 0.155 e. The maximum absolute atomic E-state index is 6.37. The van der Waals surface area contributed by atoms with Gasteiger partial charge in [-0.1, -0.05) is 38.1 Å². The zero-order valence-corrected chi connectivity index (χ0v) is 12.0. The molecular weight excluding hydrogens is 248 g/mol. The molecule has 0 amide bonds. The van der Waals surface area contributed by atoms with Gasteiger partial charge in [0.15, 0.2) is 6.29 Å². The first-order chi connectivity index (χ1) is 8.58. The van der Waals surface area contributed by atoms with Crippen molar-refractivity contribution >= 4 is 11.6 Å². The summed E-state index contributed by atoms with van der Waals surface area (Å²) >= 11 is 6.37. The molecule has 3 heteroatoms. The second-order valence-corrected chi connectivity index (χ2v) is 5.83. The lowest BCUT2D eigenvalue weighted by Gasteiger charge is -2.22. The van der Waals surface area contributed by atoms with E-state index in [-0.39, 0.29) is 17.8 Å². The minimum Gasteiger partial charge on any atom is -0.353 e. The van der Waals surface area contributed by atoms with E-state index in [0.29, 0.717) is 12.5 Å². The Kier molecular flexibility index (Phi) is 4.66. The van der Waals surface area contributed by atoms with Crippen LogP contribution in [0.2, 0.25) is 0 Å². The number of hydrogen-bond acceptors (Lipinski definition) is 2. The fraction of sp³-hybridized carbons (Fsp3) is 0.600. The summed E-state index contributed by atoms with van der Waals surface area (Å²) in [5.74, 6) is 0.513. The topological polar surface area (TPSA) is 18.5 Å². The largest absolute Gasteiger partial charge is 0.353 e. The SMILES string of the molecule is CC(C)COC(C)OC1c2ccccc2CC1Cl. The first-order valence-corrected chi connectivity index (χ1v) is 7.00. The van der Waals surface area contributed by atoms with Gasteiger partial charge in [-0.05, 0) is 30.4 Å². The van der Waals surface area contributed by atoms with Crippen LogP contribution in [0.3, 0.4) is 0 Å². The van der Waals surface area contributed by atoms with Crippen LogP contribution in [0.15, 0.2) is 24.3 Å². The molecule has 2 nitrogen and oxygen atoms in total. The molecule has 0 N–H and O–H groups in total. The average Bonchev–Trinajstić information content (AvgIpc) is 2.64. The Labute approximate surface area is 114 Å². The third kappa shape index (κ3) is 3.25. The Balaban J connectivity index is 1.97. The highest BCUT2D eigenvalue weighted by molar-refractivity contribution is 6.21. The molecule has 1 aliphatic carbocycles. The number of alkyl halides is 1. The van der Waals surface area contributed by atoms with Gasteiger partial charge in [0.25, 0.3) is 0 Å². The fourth-order valence-electron chi connectivity index (χ4n) is 2.24. The quantitative estimate of drug-likeness (QED) is 0.595. The smallest absolute Gasteiger partial charge is 0.155 e. The number of fused-ring (bicyclic) bond motifs is 1. The van der Waals surface area contributed by atoms with E-state index in [1.807, 2.05) is 19.1 Å². The van der Waals surface area contributed by atoms with Crippen LogP contribution in [0.25, 0.3) is 0 Å². The standard InChI is InChI=1S/C15H21ClO2/c1-10(2)9-17-11(3)18-15-13-7-5-4-6-12(13)8-14(15)16/h4-7,10-11,14-15H,8-9H2,1-3H3. The molecule has 3 atom stereocenters. The van der Waals surface area contributed by atoms with E-state index >= 15 is 0 Å². The molecule has 0 saturated carbocycles. The van der Waals surface area contributed by atoms with Crippen LogP contribution in [0.4, 0.5) is 0 Å². The number of benzene rings is 1. The predicted octanol–water partition coefficient (Wildman–Crippen LogP) is 3.93. The van der Waals surface area contributed by atoms with Gasteiger partial charge in [0.1, 0.15) is 6.10 Å². The van der Waals surface area contributed by atoms with Gasteiger partial charge in [-0.15, -0.1) is 11.6 Å². The van der Waals surface area contributed by atoms with Crippen LogP contribution in [0.5, 0.6) is 0 Å². The van der Waals surface area contributed by atoms with Crippen molar-refractivity contribution in [1.29, 1.82) is 0 Å². The number of hydrogen-bond donors (Lipinski definition) is 0. The van der Waals surface area contributed by atoms with Crippen LogP contribution < -0.4 is 0 Å². The molecule has 0 radical (unpaired) electrons. The molecule has 2 rings (SSSR count). The lowest BCUT2D eigenvalue weighted by Crippen LogP contribution is -2.22. The normalized spacial score (nSPS) is 24.3. The van der Waals surface area contributed by atoms with Gasteiger partial charge in [-0.25, -0.2) is 0 Å². The highest BCUT2D eigenvalue weighted by Crippen LogP contribution is 2.38. The van der Waals surface area contributed by atoms with Crippen molar-refractivity contribution in [2.24, 2.45) is 5.92 Å². The Morgan fingerprint density at radius 1 is 1.28 bits per heavy atom. The summed E-state index contributed by atoms with van der Waals surface area (Å²) in [4.78, 5) is 0. The molecule has 100 valence electrons. The maximum atomic E-state index is 6.37. The summed E-state index contributed by atoms with van der Waals surface area (Å²) in [6.45, 7) is 6.90. The van der Waals surface area contributed by atoms with E-state index < -0.39 is 0 Å². The van der Waals surface area contributed by atoms with Gasteiger partial charge in [0.2, 0.25) is 0 Å². The van der Waals surface area contributed by atoms with E-state index in [0.717, 1.165) is 6.42 Å². The summed E-state index contributed by atoms with van der Waals surface area (Å²) in [6.07, 6.45) is 0.606. The molecule has 1 aromatic carbocycles. The summed E-state index contributed by atoms with van der Waals surface area (Å²) in [5, 5.41) is 0.00694. The Bertz CT molecular complexity index is 392. The van der Waals surface area contributed by atoms with Gasteiger partial charge >= 0.3 is 0 Å². The van der Waals surface area contributed by atoms with Crippen molar-refractivity contribution in [2.75, 3.05) is 6.61 Å². The number of ether oxygens (including phenoxy) is 2. The highest BCUT2D eigenvalue weighted by atomic mass is 35.5. The monoisotopic (exact) mass is 268 g/mol. The molecule has 0 aliphatic heterocycles. The van der Waals surface area contributed by atoms with Gasteiger partial charge in [0, 0.05) is 0 Å². The van der Waals surface area contributed by atoms with Gasteiger partial charge in [-0.2, -0.15) is 0 Å². The van der Waals surface area contributed by atoms with E-state index in [1.165, 1.54) is 11.1 Å². The van der Waals surface area contributed by atoms with Crippen LogP contribution in [0.1, 0.15) is 38.0 Å². The Hall–Kier alpha value is -0.570. The summed E-state index contributed by atoms with van der Waals surface area (Å²) in [5.41, 5.74) is 2.50. The zero-order valence-electron chi connectivity index (χ0n) is 11.2. The second kappa shape index (κ2) is 6.05. The zero-order chi connectivity index (χ0) is 13.1. The molecule has 0 spiro atoms. The van der Waals surface area contributed by atoms with Crippen molar-refractivity contribution < 1.29 is 9.47 Å². The average molecular weight is 269 g/mol. The molecule has 0 heterocycles. The van der Waals surface area contributed by atoms with Gasteiger partial charge in [-0.3, -0.25) is 0 Å². The molecule has 0 fully saturated rings.